The van der Waals surface area contributed by atoms with Crippen LogP contribution in [-0.4, -0.2) is 28.1 Å². The van der Waals surface area contributed by atoms with Gasteiger partial charge in [-0.1, -0.05) is 11.3 Å². The minimum Gasteiger partial charge on any atom is -0.480 e. The van der Waals surface area contributed by atoms with Gasteiger partial charge in [0.25, 0.3) is 0 Å². The number of rotatable bonds is 6. The van der Waals surface area contributed by atoms with Crippen molar-refractivity contribution in [3.05, 3.63) is 20.7 Å². The van der Waals surface area contributed by atoms with Gasteiger partial charge >= 0.3 is 10.8 Å². The van der Waals surface area contributed by atoms with Gasteiger partial charge in [0.2, 0.25) is 5.91 Å². The fraction of sp³-hybridized carbons (Fsp3) is 0.500. The number of carboxylic acids is 1. The summed E-state index contributed by atoms with van der Waals surface area (Å²) in [7, 11) is 0. The number of aryl methyl sites for hydroxylation is 1. The number of aliphatic carboxylic acids is 1. The second-order valence-corrected chi connectivity index (χ2v) is 4.39. The lowest BCUT2D eigenvalue weighted by Crippen LogP contribution is -2.29. The van der Waals surface area contributed by atoms with Crippen LogP contribution in [0.5, 0.6) is 0 Å². The molecule has 1 amide bonds. The molecule has 0 radical (unpaired) electrons. The molecule has 0 atom stereocenters. The van der Waals surface area contributed by atoms with Crippen molar-refractivity contribution in [2.45, 2.75) is 26.3 Å². The van der Waals surface area contributed by atoms with Gasteiger partial charge < -0.3 is 15.0 Å². The summed E-state index contributed by atoms with van der Waals surface area (Å²) in [4.78, 5) is 32.7. The SMILES string of the molecule is Cc1csc(=O)n1CCCC(=O)NCC(=O)O. The smallest absolute Gasteiger partial charge is 0.322 e. The summed E-state index contributed by atoms with van der Waals surface area (Å²) in [5.74, 6) is -1.38. The van der Waals surface area contributed by atoms with Crippen LogP contribution in [0.4, 0.5) is 0 Å². The molecule has 0 aliphatic heterocycles. The maximum absolute atomic E-state index is 11.3. The Balaban J connectivity index is 2.31. The van der Waals surface area contributed by atoms with Gasteiger partial charge in [0, 0.05) is 24.0 Å². The number of hydrogen-bond acceptors (Lipinski definition) is 4. The zero-order valence-electron chi connectivity index (χ0n) is 9.43. The Bertz CT molecular complexity index is 463. The maximum atomic E-state index is 11.3. The molecule has 17 heavy (non-hydrogen) atoms. The molecule has 1 rings (SSSR count). The number of thiazole rings is 1. The first-order valence-corrected chi connectivity index (χ1v) is 6.02. The van der Waals surface area contributed by atoms with Crippen molar-refractivity contribution in [1.82, 2.24) is 9.88 Å². The van der Waals surface area contributed by atoms with Crippen molar-refractivity contribution in [3.8, 4) is 0 Å². The summed E-state index contributed by atoms with van der Waals surface area (Å²) < 4.78 is 1.61. The highest BCUT2D eigenvalue weighted by Crippen LogP contribution is 2.02. The van der Waals surface area contributed by atoms with Crippen LogP contribution in [0.1, 0.15) is 18.5 Å². The number of aromatic nitrogens is 1. The third kappa shape index (κ3) is 4.39. The molecule has 0 bridgehead atoms. The molecule has 1 aromatic heterocycles. The maximum Gasteiger partial charge on any atom is 0.322 e. The number of carboxylic acid groups (broad SMARTS) is 1. The Labute approximate surface area is 102 Å². The third-order valence-electron chi connectivity index (χ3n) is 2.20. The Morgan fingerprint density at radius 1 is 1.53 bits per heavy atom. The van der Waals surface area contributed by atoms with E-state index in [4.69, 9.17) is 5.11 Å². The molecule has 6 nitrogen and oxygen atoms in total. The molecule has 0 fully saturated rings. The molecular weight excluding hydrogens is 244 g/mol. The first-order chi connectivity index (χ1) is 8.00. The van der Waals surface area contributed by atoms with Crippen LogP contribution < -0.4 is 10.2 Å². The van der Waals surface area contributed by atoms with E-state index in [1.165, 1.54) is 0 Å². The number of nitrogens with zero attached hydrogens (tertiary/aromatic N) is 1. The highest BCUT2D eigenvalue weighted by atomic mass is 32.1. The lowest BCUT2D eigenvalue weighted by atomic mass is 10.3. The van der Waals surface area contributed by atoms with Crippen LogP contribution >= 0.6 is 11.3 Å². The molecule has 0 saturated heterocycles. The number of amides is 1. The second kappa shape index (κ2) is 6.19. The van der Waals surface area contributed by atoms with Crippen LogP contribution in [0.25, 0.3) is 0 Å². The molecule has 0 aliphatic rings. The van der Waals surface area contributed by atoms with Crippen LogP contribution in [0.3, 0.4) is 0 Å². The summed E-state index contributed by atoms with van der Waals surface area (Å²) in [6, 6.07) is 0. The molecule has 0 saturated carbocycles. The summed E-state index contributed by atoms with van der Waals surface area (Å²) in [5, 5.41) is 12.4. The highest BCUT2D eigenvalue weighted by Gasteiger charge is 2.06. The number of nitrogens with one attached hydrogen (secondary N) is 1. The highest BCUT2D eigenvalue weighted by molar-refractivity contribution is 7.07. The van der Waals surface area contributed by atoms with Crippen molar-refractivity contribution >= 4 is 23.2 Å². The van der Waals surface area contributed by atoms with Crippen LogP contribution in [-0.2, 0) is 16.1 Å². The predicted octanol–water partition coefficient (Wildman–Crippen LogP) is 0.199. The Kier molecular flexibility index (Phi) is 4.89. The largest absolute Gasteiger partial charge is 0.480 e. The van der Waals surface area contributed by atoms with E-state index in [0.29, 0.717) is 13.0 Å². The Morgan fingerprint density at radius 3 is 2.76 bits per heavy atom. The van der Waals surface area contributed by atoms with Gasteiger partial charge in [-0.05, 0) is 13.3 Å². The van der Waals surface area contributed by atoms with E-state index in [1.54, 1.807) is 9.95 Å². The van der Waals surface area contributed by atoms with Gasteiger partial charge in [0.1, 0.15) is 6.54 Å². The molecule has 94 valence electrons. The topological polar surface area (TPSA) is 88.4 Å². The van der Waals surface area contributed by atoms with E-state index < -0.39 is 5.97 Å². The monoisotopic (exact) mass is 258 g/mol. The van der Waals surface area contributed by atoms with Gasteiger partial charge in [-0.2, -0.15) is 0 Å². The van der Waals surface area contributed by atoms with Gasteiger partial charge in [-0.25, -0.2) is 0 Å². The average Bonchev–Trinajstić information content (AvgIpc) is 2.57. The fourth-order valence-electron chi connectivity index (χ4n) is 1.33. The minimum atomic E-state index is -1.07. The normalized spacial score (nSPS) is 10.2. The quantitative estimate of drug-likeness (QED) is 0.763. The molecule has 7 heteroatoms. The molecule has 1 aromatic rings. The van der Waals surface area contributed by atoms with Crippen molar-refractivity contribution in [3.63, 3.8) is 0 Å². The van der Waals surface area contributed by atoms with Gasteiger partial charge in [-0.3, -0.25) is 14.4 Å². The first-order valence-electron chi connectivity index (χ1n) is 5.14. The molecule has 1 heterocycles. The third-order valence-corrected chi connectivity index (χ3v) is 3.08. The van der Waals surface area contributed by atoms with E-state index in [2.05, 4.69) is 5.32 Å². The molecule has 0 unspecified atom stereocenters. The molecule has 2 N–H and O–H groups in total. The van der Waals surface area contributed by atoms with Gasteiger partial charge in [0.05, 0.1) is 0 Å². The average molecular weight is 258 g/mol. The predicted molar refractivity (Wildman–Crippen MR) is 63.2 cm³/mol. The van der Waals surface area contributed by atoms with Crippen LogP contribution in [0, 0.1) is 6.92 Å². The van der Waals surface area contributed by atoms with E-state index in [9.17, 15) is 14.4 Å². The summed E-state index contributed by atoms with van der Waals surface area (Å²) in [5.41, 5.74) is 0.881. The van der Waals surface area contributed by atoms with E-state index in [-0.39, 0.29) is 23.7 Å². The number of carbonyl (C=O) groups is 2. The number of hydrogen-bond donors (Lipinski definition) is 2. The second-order valence-electron chi connectivity index (χ2n) is 3.57. The van der Waals surface area contributed by atoms with Crippen molar-refractivity contribution < 1.29 is 14.7 Å². The number of carbonyl (C=O) groups excluding carboxylic acids is 1. The molecular formula is C10H14N2O4S. The van der Waals surface area contributed by atoms with Crippen LogP contribution in [0.15, 0.2) is 10.2 Å². The summed E-state index contributed by atoms with van der Waals surface area (Å²) in [6.07, 6.45) is 0.734. The first kappa shape index (κ1) is 13.4. The lowest BCUT2D eigenvalue weighted by Gasteiger charge is -2.04. The lowest BCUT2D eigenvalue weighted by molar-refractivity contribution is -0.137. The van der Waals surface area contributed by atoms with Crippen LogP contribution in [0.2, 0.25) is 0 Å². The zero-order valence-corrected chi connectivity index (χ0v) is 10.2. The Hall–Kier alpha value is -1.63. The van der Waals surface area contributed by atoms with Crippen molar-refractivity contribution in [2.24, 2.45) is 0 Å². The minimum absolute atomic E-state index is 0.0338. The Morgan fingerprint density at radius 2 is 2.24 bits per heavy atom. The van der Waals surface area contributed by atoms with E-state index in [0.717, 1.165) is 17.0 Å². The molecule has 0 aromatic carbocycles. The summed E-state index contributed by atoms with van der Waals surface area (Å²) >= 11 is 1.13. The van der Waals surface area contributed by atoms with Gasteiger partial charge in [0.15, 0.2) is 0 Å². The fourth-order valence-corrected chi connectivity index (χ4v) is 2.10. The van der Waals surface area contributed by atoms with Crippen molar-refractivity contribution in [1.29, 1.82) is 0 Å². The van der Waals surface area contributed by atoms with E-state index >= 15 is 0 Å². The molecule has 0 aliphatic carbocycles. The van der Waals surface area contributed by atoms with Crippen molar-refractivity contribution in [2.75, 3.05) is 6.54 Å². The summed E-state index contributed by atoms with van der Waals surface area (Å²) in [6.45, 7) is 1.95. The molecule has 0 spiro atoms. The van der Waals surface area contributed by atoms with E-state index in [1.807, 2.05) is 6.92 Å². The van der Waals surface area contributed by atoms with Gasteiger partial charge in [-0.15, -0.1) is 0 Å². The standard InChI is InChI=1S/C10H14N2O4S/c1-7-6-17-10(16)12(7)4-2-3-8(13)11-5-9(14)15/h6H,2-5H2,1H3,(H,11,13)(H,14,15). The zero-order chi connectivity index (χ0) is 12.8.